The lowest BCUT2D eigenvalue weighted by molar-refractivity contribution is 0.827. The number of rotatable bonds is 3. The van der Waals surface area contributed by atoms with Crippen molar-refractivity contribution in [2.24, 2.45) is 5.73 Å². The minimum atomic E-state index is 0.551. The highest BCUT2D eigenvalue weighted by atomic mass is 15.0. The van der Waals surface area contributed by atoms with Crippen LogP contribution in [0.25, 0.3) is 11.4 Å². The van der Waals surface area contributed by atoms with Crippen LogP contribution < -0.4 is 5.73 Å². The fourth-order valence-corrected chi connectivity index (χ4v) is 1.79. The number of hydrogen-bond donors (Lipinski definition) is 1. The predicted molar refractivity (Wildman–Crippen MR) is 72.2 cm³/mol. The fraction of sp³-hybridized carbons (Fsp3) is 0.357. The van der Waals surface area contributed by atoms with Crippen LogP contribution in [0.15, 0.2) is 18.2 Å². The average molecular weight is 242 g/mol. The molecule has 0 fully saturated rings. The van der Waals surface area contributed by atoms with Gasteiger partial charge in [-0.2, -0.15) is 0 Å². The molecule has 0 aliphatic carbocycles. The van der Waals surface area contributed by atoms with Crippen molar-refractivity contribution in [2.75, 3.05) is 6.54 Å². The minimum Gasteiger partial charge on any atom is -0.330 e. The Balaban J connectivity index is 2.46. The molecule has 0 spiro atoms. The van der Waals surface area contributed by atoms with Gasteiger partial charge in [0, 0.05) is 12.0 Å². The van der Waals surface area contributed by atoms with E-state index in [0.717, 1.165) is 23.0 Å². The Hall–Kier alpha value is -1.81. The molecule has 0 amide bonds. The third kappa shape index (κ3) is 2.71. The summed E-state index contributed by atoms with van der Waals surface area (Å²) in [6, 6.07) is 6.24. The number of hydrogen-bond acceptors (Lipinski definition) is 4. The third-order valence-electron chi connectivity index (χ3n) is 2.93. The molecule has 94 valence electrons. The van der Waals surface area contributed by atoms with E-state index in [1.165, 1.54) is 11.1 Å². The molecular weight excluding hydrogens is 224 g/mol. The van der Waals surface area contributed by atoms with Crippen LogP contribution in [0, 0.1) is 20.8 Å². The van der Waals surface area contributed by atoms with Crippen molar-refractivity contribution >= 4 is 0 Å². The lowest BCUT2D eigenvalue weighted by Crippen LogP contribution is -2.09. The molecule has 2 N–H and O–H groups in total. The van der Waals surface area contributed by atoms with Gasteiger partial charge in [-0.05, 0) is 44.5 Å². The van der Waals surface area contributed by atoms with Gasteiger partial charge in [0.1, 0.15) is 11.6 Å². The van der Waals surface area contributed by atoms with Crippen LogP contribution in [-0.4, -0.2) is 21.5 Å². The zero-order valence-electron chi connectivity index (χ0n) is 11.1. The summed E-state index contributed by atoms with van der Waals surface area (Å²) in [5.74, 6) is 2.23. The van der Waals surface area contributed by atoms with Gasteiger partial charge in [0.25, 0.3) is 0 Å². The highest BCUT2D eigenvalue weighted by molar-refractivity contribution is 5.57. The SMILES string of the molecule is Cc1nc(CCN)nc(-c2ccc(C)c(C)c2)n1. The van der Waals surface area contributed by atoms with E-state index in [1.807, 2.05) is 13.0 Å². The van der Waals surface area contributed by atoms with Gasteiger partial charge in [0.05, 0.1) is 0 Å². The molecule has 0 aliphatic heterocycles. The summed E-state index contributed by atoms with van der Waals surface area (Å²) in [5, 5.41) is 0. The Morgan fingerprint density at radius 2 is 1.78 bits per heavy atom. The van der Waals surface area contributed by atoms with Gasteiger partial charge in [0.15, 0.2) is 5.82 Å². The molecule has 1 heterocycles. The molecule has 2 aromatic rings. The molecule has 18 heavy (non-hydrogen) atoms. The van der Waals surface area contributed by atoms with Crippen molar-refractivity contribution in [3.63, 3.8) is 0 Å². The first-order valence-electron chi connectivity index (χ1n) is 6.09. The zero-order chi connectivity index (χ0) is 13.1. The molecule has 0 unspecified atom stereocenters. The van der Waals surface area contributed by atoms with Gasteiger partial charge in [-0.15, -0.1) is 0 Å². The van der Waals surface area contributed by atoms with Crippen LogP contribution >= 0.6 is 0 Å². The van der Waals surface area contributed by atoms with E-state index in [-0.39, 0.29) is 0 Å². The van der Waals surface area contributed by atoms with Crippen LogP contribution in [-0.2, 0) is 6.42 Å². The molecule has 0 atom stereocenters. The van der Waals surface area contributed by atoms with E-state index in [4.69, 9.17) is 5.73 Å². The van der Waals surface area contributed by atoms with E-state index in [9.17, 15) is 0 Å². The van der Waals surface area contributed by atoms with E-state index < -0.39 is 0 Å². The average Bonchev–Trinajstić information content (AvgIpc) is 2.32. The van der Waals surface area contributed by atoms with Crippen LogP contribution in [0.4, 0.5) is 0 Å². The molecule has 0 aliphatic rings. The van der Waals surface area contributed by atoms with E-state index in [2.05, 4.69) is 40.9 Å². The van der Waals surface area contributed by atoms with Crippen molar-refractivity contribution in [1.29, 1.82) is 0 Å². The van der Waals surface area contributed by atoms with Crippen molar-refractivity contribution in [3.8, 4) is 11.4 Å². The van der Waals surface area contributed by atoms with Gasteiger partial charge in [-0.3, -0.25) is 0 Å². The molecular formula is C14H18N4. The Morgan fingerprint density at radius 1 is 1.00 bits per heavy atom. The summed E-state index contributed by atoms with van der Waals surface area (Å²) in [5.41, 5.74) is 9.08. The molecule has 4 nitrogen and oxygen atoms in total. The molecule has 0 radical (unpaired) electrons. The number of nitrogens with zero attached hydrogens (tertiary/aromatic N) is 3. The molecule has 0 saturated carbocycles. The number of benzene rings is 1. The van der Waals surface area contributed by atoms with Gasteiger partial charge in [-0.25, -0.2) is 15.0 Å². The maximum absolute atomic E-state index is 5.54. The Kier molecular flexibility index (Phi) is 3.67. The Bertz CT molecular complexity index is 564. The largest absolute Gasteiger partial charge is 0.330 e. The molecule has 1 aromatic heterocycles. The predicted octanol–water partition coefficient (Wildman–Crippen LogP) is 1.97. The molecule has 1 aromatic carbocycles. The molecule has 0 saturated heterocycles. The van der Waals surface area contributed by atoms with E-state index >= 15 is 0 Å². The minimum absolute atomic E-state index is 0.551. The second kappa shape index (κ2) is 5.23. The number of aryl methyl sites for hydroxylation is 3. The van der Waals surface area contributed by atoms with E-state index in [1.54, 1.807) is 0 Å². The van der Waals surface area contributed by atoms with Gasteiger partial charge < -0.3 is 5.73 Å². The second-order valence-corrected chi connectivity index (χ2v) is 4.46. The third-order valence-corrected chi connectivity index (χ3v) is 2.93. The summed E-state index contributed by atoms with van der Waals surface area (Å²) < 4.78 is 0. The summed E-state index contributed by atoms with van der Waals surface area (Å²) in [6.45, 7) is 6.62. The van der Waals surface area contributed by atoms with Crippen molar-refractivity contribution in [2.45, 2.75) is 27.2 Å². The zero-order valence-corrected chi connectivity index (χ0v) is 11.1. The highest BCUT2D eigenvalue weighted by Crippen LogP contribution is 2.18. The maximum atomic E-state index is 5.54. The van der Waals surface area contributed by atoms with Crippen molar-refractivity contribution < 1.29 is 0 Å². The number of aromatic nitrogens is 3. The standard InChI is InChI=1S/C14H18N4/c1-9-4-5-12(8-10(9)2)14-17-11(3)16-13(18-14)6-7-15/h4-5,8H,6-7,15H2,1-3H3. The van der Waals surface area contributed by atoms with E-state index in [0.29, 0.717) is 13.0 Å². The van der Waals surface area contributed by atoms with Gasteiger partial charge >= 0.3 is 0 Å². The lowest BCUT2D eigenvalue weighted by Gasteiger charge is -2.06. The first-order valence-corrected chi connectivity index (χ1v) is 6.09. The Morgan fingerprint density at radius 3 is 2.44 bits per heavy atom. The monoisotopic (exact) mass is 242 g/mol. The Labute approximate surface area is 107 Å². The quantitative estimate of drug-likeness (QED) is 0.893. The van der Waals surface area contributed by atoms with Crippen molar-refractivity contribution in [1.82, 2.24) is 15.0 Å². The molecule has 4 heteroatoms. The number of nitrogens with two attached hydrogens (primary N) is 1. The summed E-state index contributed by atoms with van der Waals surface area (Å²) in [7, 11) is 0. The summed E-state index contributed by atoms with van der Waals surface area (Å²) in [6.07, 6.45) is 0.682. The van der Waals surface area contributed by atoms with Crippen LogP contribution in [0.5, 0.6) is 0 Å². The smallest absolute Gasteiger partial charge is 0.163 e. The maximum Gasteiger partial charge on any atom is 0.163 e. The van der Waals surface area contributed by atoms with Crippen LogP contribution in [0.3, 0.4) is 0 Å². The molecule has 0 bridgehead atoms. The fourth-order valence-electron chi connectivity index (χ4n) is 1.79. The van der Waals surface area contributed by atoms with Gasteiger partial charge in [-0.1, -0.05) is 12.1 Å². The van der Waals surface area contributed by atoms with Crippen molar-refractivity contribution in [3.05, 3.63) is 41.0 Å². The topological polar surface area (TPSA) is 64.7 Å². The first-order chi connectivity index (χ1) is 8.60. The summed E-state index contributed by atoms with van der Waals surface area (Å²) in [4.78, 5) is 13.1. The highest BCUT2D eigenvalue weighted by Gasteiger charge is 2.06. The van der Waals surface area contributed by atoms with Gasteiger partial charge in [0.2, 0.25) is 0 Å². The van der Waals surface area contributed by atoms with Crippen LogP contribution in [0.1, 0.15) is 22.8 Å². The summed E-state index contributed by atoms with van der Waals surface area (Å²) >= 11 is 0. The molecule has 2 rings (SSSR count). The van der Waals surface area contributed by atoms with Crippen LogP contribution in [0.2, 0.25) is 0 Å². The normalized spacial score (nSPS) is 10.7. The second-order valence-electron chi connectivity index (χ2n) is 4.46. The first kappa shape index (κ1) is 12.6. The lowest BCUT2D eigenvalue weighted by atomic mass is 10.1.